The smallest absolute Gasteiger partial charge is 0.219 e. The number of rotatable bonds is 7. The first-order valence-corrected chi connectivity index (χ1v) is 7.97. The number of hydrogen-bond acceptors (Lipinski definition) is 3. The molecule has 0 saturated carbocycles. The molecule has 0 bridgehead atoms. The van der Waals surface area contributed by atoms with E-state index in [0.29, 0.717) is 5.88 Å². The van der Waals surface area contributed by atoms with Crippen LogP contribution in [0.15, 0.2) is 60.7 Å². The lowest BCUT2D eigenvalue weighted by molar-refractivity contribution is 0.193. The second-order valence-corrected chi connectivity index (χ2v) is 5.54. The molecule has 0 spiro atoms. The molecular formula is C20H21NO2. The molecule has 3 aromatic rings. The molecule has 23 heavy (non-hydrogen) atoms. The van der Waals surface area contributed by atoms with Gasteiger partial charge < -0.3 is 9.47 Å². The highest BCUT2D eigenvalue weighted by Crippen LogP contribution is 2.23. The van der Waals surface area contributed by atoms with E-state index in [1.807, 2.05) is 48.5 Å². The Bertz CT molecular complexity index is 770. The van der Waals surface area contributed by atoms with Crippen LogP contribution in [-0.4, -0.2) is 18.7 Å². The molecular weight excluding hydrogens is 286 g/mol. The average molecular weight is 307 g/mol. The monoisotopic (exact) mass is 307 g/mol. The second kappa shape index (κ2) is 7.75. The number of nitrogens with zero attached hydrogens (tertiary/aromatic N) is 1. The summed E-state index contributed by atoms with van der Waals surface area (Å²) in [6, 6.07) is 20.2. The number of ether oxygens (including phenoxy) is 2. The van der Waals surface area contributed by atoms with Crippen LogP contribution in [0.4, 0.5) is 0 Å². The average Bonchev–Trinajstić information content (AvgIpc) is 2.59. The Kier molecular flexibility index (Phi) is 5.22. The van der Waals surface area contributed by atoms with E-state index in [1.54, 1.807) is 7.11 Å². The highest BCUT2D eigenvalue weighted by Gasteiger charge is 2.02. The van der Waals surface area contributed by atoms with Gasteiger partial charge in [0.2, 0.25) is 5.88 Å². The van der Waals surface area contributed by atoms with Crippen molar-refractivity contribution in [2.75, 3.05) is 13.7 Å². The third-order valence-corrected chi connectivity index (χ3v) is 3.76. The van der Waals surface area contributed by atoms with Crippen LogP contribution < -0.4 is 4.74 Å². The number of aryl methyl sites for hydroxylation is 1. The summed E-state index contributed by atoms with van der Waals surface area (Å²) in [7, 11) is 1.74. The Labute approximate surface area is 136 Å². The van der Waals surface area contributed by atoms with Gasteiger partial charge in [-0.05, 0) is 49.1 Å². The SMILES string of the molecule is COCCCCc1cccc(Oc2ccc3ccccc3n2)c1. The predicted octanol–water partition coefficient (Wildman–Crippen LogP) is 5.00. The third kappa shape index (κ3) is 4.30. The summed E-state index contributed by atoms with van der Waals surface area (Å²) in [5.74, 6) is 1.46. The van der Waals surface area contributed by atoms with E-state index < -0.39 is 0 Å². The Morgan fingerprint density at radius 3 is 2.74 bits per heavy atom. The number of para-hydroxylation sites is 1. The number of fused-ring (bicyclic) bond motifs is 1. The van der Waals surface area contributed by atoms with Crippen LogP contribution in [-0.2, 0) is 11.2 Å². The van der Waals surface area contributed by atoms with Gasteiger partial charge in [0.25, 0.3) is 0 Å². The summed E-state index contributed by atoms with van der Waals surface area (Å²) in [5.41, 5.74) is 2.22. The van der Waals surface area contributed by atoms with Gasteiger partial charge >= 0.3 is 0 Å². The van der Waals surface area contributed by atoms with E-state index in [4.69, 9.17) is 9.47 Å². The Morgan fingerprint density at radius 1 is 0.913 bits per heavy atom. The molecule has 3 rings (SSSR count). The number of benzene rings is 2. The van der Waals surface area contributed by atoms with Gasteiger partial charge in [-0.2, -0.15) is 0 Å². The third-order valence-electron chi connectivity index (χ3n) is 3.76. The minimum atomic E-state index is 0.625. The second-order valence-electron chi connectivity index (χ2n) is 5.54. The van der Waals surface area contributed by atoms with Gasteiger partial charge in [0.15, 0.2) is 0 Å². The van der Waals surface area contributed by atoms with Crippen molar-refractivity contribution in [3.8, 4) is 11.6 Å². The molecule has 0 atom stereocenters. The highest BCUT2D eigenvalue weighted by molar-refractivity contribution is 5.78. The van der Waals surface area contributed by atoms with Crippen molar-refractivity contribution in [3.05, 3.63) is 66.2 Å². The Balaban J connectivity index is 1.68. The fraction of sp³-hybridized carbons (Fsp3) is 0.250. The van der Waals surface area contributed by atoms with Crippen molar-refractivity contribution in [3.63, 3.8) is 0 Å². The maximum Gasteiger partial charge on any atom is 0.219 e. The van der Waals surface area contributed by atoms with Crippen molar-refractivity contribution >= 4 is 10.9 Å². The fourth-order valence-corrected chi connectivity index (χ4v) is 2.56. The molecule has 3 nitrogen and oxygen atoms in total. The topological polar surface area (TPSA) is 31.4 Å². The summed E-state index contributed by atoms with van der Waals surface area (Å²) in [6.45, 7) is 0.817. The van der Waals surface area contributed by atoms with Crippen LogP contribution >= 0.6 is 0 Å². The molecule has 1 aromatic heterocycles. The standard InChI is InChI=1S/C20H21NO2/c1-22-14-5-4-7-16-8-6-10-18(15-16)23-20-13-12-17-9-2-3-11-19(17)21-20/h2-3,6,8-13,15H,4-5,7,14H2,1H3. The van der Waals surface area contributed by atoms with Gasteiger partial charge in [0.05, 0.1) is 5.52 Å². The van der Waals surface area contributed by atoms with Gasteiger partial charge in [-0.3, -0.25) is 0 Å². The molecule has 2 aromatic carbocycles. The zero-order chi connectivity index (χ0) is 15.9. The molecule has 0 amide bonds. The van der Waals surface area contributed by atoms with E-state index in [9.17, 15) is 0 Å². The van der Waals surface area contributed by atoms with Gasteiger partial charge in [0.1, 0.15) is 5.75 Å². The summed E-state index contributed by atoms with van der Waals surface area (Å²) < 4.78 is 11.0. The molecule has 118 valence electrons. The minimum Gasteiger partial charge on any atom is -0.439 e. The van der Waals surface area contributed by atoms with Gasteiger partial charge in [0, 0.05) is 25.2 Å². The van der Waals surface area contributed by atoms with Crippen LogP contribution in [0.1, 0.15) is 18.4 Å². The zero-order valence-corrected chi connectivity index (χ0v) is 13.4. The zero-order valence-electron chi connectivity index (χ0n) is 13.4. The number of hydrogen-bond donors (Lipinski definition) is 0. The molecule has 0 aliphatic heterocycles. The molecule has 0 aliphatic carbocycles. The van der Waals surface area contributed by atoms with E-state index in [1.165, 1.54) is 5.56 Å². The highest BCUT2D eigenvalue weighted by atomic mass is 16.5. The van der Waals surface area contributed by atoms with Gasteiger partial charge in [-0.15, -0.1) is 0 Å². The van der Waals surface area contributed by atoms with E-state index in [-0.39, 0.29) is 0 Å². The van der Waals surface area contributed by atoms with Crippen LogP contribution in [0.5, 0.6) is 11.6 Å². The van der Waals surface area contributed by atoms with Crippen molar-refractivity contribution < 1.29 is 9.47 Å². The Hall–Kier alpha value is -2.39. The first-order valence-electron chi connectivity index (χ1n) is 7.97. The number of methoxy groups -OCH3 is 1. The van der Waals surface area contributed by atoms with Crippen molar-refractivity contribution in [1.82, 2.24) is 4.98 Å². The predicted molar refractivity (Wildman–Crippen MR) is 93.1 cm³/mol. The van der Waals surface area contributed by atoms with Crippen molar-refractivity contribution in [2.45, 2.75) is 19.3 Å². The maximum absolute atomic E-state index is 5.92. The van der Waals surface area contributed by atoms with E-state index in [0.717, 1.165) is 42.5 Å². The minimum absolute atomic E-state index is 0.625. The Morgan fingerprint density at radius 2 is 1.83 bits per heavy atom. The molecule has 0 N–H and O–H groups in total. The van der Waals surface area contributed by atoms with Crippen LogP contribution in [0.2, 0.25) is 0 Å². The summed E-state index contributed by atoms with van der Waals surface area (Å²) in [6.07, 6.45) is 3.23. The van der Waals surface area contributed by atoms with E-state index in [2.05, 4.69) is 17.1 Å². The van der Waals surface area contributed by atoms with E-state index >= 15 is 0 Å². The molecule has 0 saturated heterocycles. The van der Waals surface area contributed by atoms with Crippen molar-refractivity contribution in [1.29, 1.82) is 0 Å². The molecule has 1 heterocycles. The molecule has 0 unspecified atom stereocenters. The first-order chi connectivity index (χ1) is 11.3. The quantitative estimate of drug-likeness (QED) is 0.576. The van der Waals surface area contributed by atoms with Gasteiger partial charge in [-0.25, -0.2) is 4.98 Å². The van der Waals surface area contributed by atoms with Crippen LogP contribution in [0.3, 0.4) is 0 Å². The van der Waals surface area contributed by atoms with Gasteiger partial charge in [-0.1, -0.05) is 30.3 Å². The lowest BCUT2D eigenvalue weighted by Gasteiger charge is -2.08. The fourth-order valence-electron chi connectivity index (χ4n) is 2.56. The van der Waals surface area contributed by atoms with Crippen LogP contribution in [0.25, 0.3) is 10.9 Å². The number of unbranched alkanes of at least 4 members (excludes halogenated alkanes) is 1. The number of aromatic nitrogens is 1. The number of pyridine rings is 1. The molecule has 0 fully saturated rings. The molecule has 0 radical (unpaired) electrons. The summed E-state index contributed by atoms with van der Waals surface area (Å²) >= 11 is 0. The van der Waals surface area contributed by atoms with Crippen LogP contribution in [0, 0.1) is 0 Å². The first kappa shape index (κ1) is 15.5. The molecule has 3 heteroatoms. The normalized spacial score (nSPS) is 10.8. The summed E-state index contributed by atoms with van der Waals surface area (Å²) in [4.78, 5) is 4.55. The lowest BCUT2D eigenvalue weighted by Crippen LogP contribution is -1.93. The lowest BCUT2D eigenvalue weighted by atomic mass is 10.1. The van der Waals surface area contributed by atoms with Crippen molar-refractivity contribution in [2.24, 2.45) is 0 Å². The maximum atomic E-state index is 5.92. The molecule has 0 aliphatic rings. The largest absolute Gasteiger partial charge is 0.439 e. The summed E-state index contributed by atoms with van der Waals surface area (Å²) in [5, 5.41) is 1.12.